The Labute approximate surface area is 177 Å². The van der Waals surface area contributed by atoms with Gasteiger partial charge in [0, 0.05) is 12.3 Å². The van der Waals surface area contributed by atoms with Gasteiger partial charge in [-0.15, -0.1) is 0 Å². The van der Waals surface area contributed by atoms with Gasteiger partial charge in [-0.05, 0) is 46.4 Å². The van der Waals surface area contributed by atoms with E-state index >= 15 is 0 Å². The minimum absolute atomic E-state index is 0.235. The third-order valence-electron chi connectivity index (χ3n) is 4.97. The summed E-state index contributed by atoms with van der Waals surface area (Å²) >= 11 is 0. The summed E-state index contributed by atoms with van der Waals surface area (Å²) in [5.74, 6) is 0.831. The summed E-state index contributed by atoms with van der Waals surface area (Å²) in [5.41, 5.74) is 2.26. The minimum Gasteiger partial charge on any atom is -0.266 e. The van der Waals surface area contributed by atoms with Crippen molar-refractivity contribution >= 4 is 26.6 Å². The first-order valence-corrected chi connectivity index (χ1v) is 11.5. The van der Waals surface area contributed by atoms with Gasteiger partial charge in [0.15, 0.2) is 5.82 Å². The normalized spacial score (nSPS) is 11.8. The summed E-state index contributed by atoms with van der Waals surface area (Å²) < 4.78 is 29.8. The Kier molecular flexibility index (Phi) is 5.59. The lowest BCUT2D eigenvalue weighted by Gasteiger charge is -2.09. The number of nitrogens with one attached hydrogen (secondary N) is 1. The third-order valence-corrected chi connectivity index (χ3v) is 6.34. The minimum atomic E-state index is -3.68. The van der Waals surface area contributed by atoms with E-state index in [-0.39, 0.29) is 4.90 Å². The van der Waals surface area contributed by atoms with Crippen molar-refractivity contribution < 1.29 is 8.42 Å². The summed E-state index contributed by atoms with van der Waals surface area (Å²) in [4.78, 5) is 0.235. The van der Waals surface area contributed by atoms with Crippen LogP contribution in [-0.2, 0) is 23.0 Å². The molecule has 0 unspecified atom stereocenters. The number of hydrogen-bond donors (Lipinski definition) is 1. The van der Waals surface area contributed by atoms with Crippen LogP contribution in [0.15, 0.2) is 83.9 Å². The van der Waals surface area contributed by atoms with Crippen molar-refractivity contribution in [3.05, 3.63) is 90.1 Å². The Balaban J connectivity index is 1.50. The molecular weight excluding hydrogens is 394 g/mol. The zero-order valence-corrected chi connectivity index (χ0v) is 17.9. The van der Waals surface area contributed by atoms with Crippen molar-refractivity contribution in [2.24, 2.45) is 5.92 Å². The fourth-order valence-corrected chi connectivity index (χ4v) is 4.58. The highest BCUT2D eigenvalue weighted by atomic mass is 32.2. The monoisotopic (exact) mass is 419 g/mol. The molecule has 0 aliphatic heterocycles. The molecular formula is C24H25N3O2S. The molecule has 0 radical (unpaired) electrons. The lowest BCUT2D eigenvalue weighted by atomic mass is 10.0. The van der Waals surface area contributed by atoms with Crippen molar-refractivity contribution in [3.63, 3.8) is 0 Å². The van der Waals surface area contributed by atoms with Crippen LogP contribution in [0.25, 0.3) is 10.8 Å². The molecule has 0 bridgehead atoms. The van der Waals surface area contributed by atoms with Gasteiger partial charge in [0.1, 0.15) is 0 Å². The molecule has 0 amide bonds. The van der Waals surface area contributed by atoms with Crippen LogP contribution in [0.4, 0.5) is 5.82 Å². The van der Waals surface area contributed by atoms with Crippen LogP contribution in [-0.4, -0.2) is 18.2 Å². The molecule has 0 aliphatic carbocycles. The standard InChI is InChI=1S/C24H25N3O2S/c1-18(2)16-19-10-12-22(13-11-19)30(28,29)26-24-14-15-27(25-24)17-21-8-5-7-20-6-3-4-9-23(20)21/h3-15,18H,16-17H2,1-2H3,(H,25,26). The Bertz CT molecular complexity index is 1250. The molecule has 4 rings (SSSR count). The average molecular weight is 420 g/mol. The topological polar surface area (TPSA) is 64.0 Å². The van der Waals surface area contributed by atoms with Crippen molar-refractivity contribution in [3.8, 4) is 0 Å². The number of anilines is 1. The second kappa shape index (κ2) is 8.32. The van der Waals surface area contributed by atoms with Gasteiger partial charge in [-0.25, -0.2) is 8.42 Å². The highest BCUT2D eigenvalue weighted by Crippen LogP contribution is 2.20. The first-order chi connectivity index (χ1) is 14.4. The van der Waals surface area contributed by atoms with E-state index < -0.39 is 10.0 Å². The molecule has 0 saturated carbocycles. The molecule has 154 valence electrons. The first kappa shape index (κ1) is 20.2. The van der Waals surface area contributed by atoms with E-state index in [2.05, 4.69) is 47.9 Å². The Morgan fingerprint density at radius 3 is 2.43 bits per heavy atom. The fraction of sp³-hybridized carbons (Fsp3) is 0.208. The lowest BCUT2D eigenvalue weighted by Crippen LogP contribution is -2.14. The van der Waals surface area contributed by atoms with Crippen LogP contribution < -0.4 is 4.72 Å². The number of nitrogens with zero attached hydrogens (tertiary/aromatic N) is 2. The quantitative estimate of drug-likeness (QED) is 0.454. The average Bonchev–Trinajstić information content (AvgIpc) is 3.14. The molecule has 1 heterocycles. The van der Waals surface area contributed by atoms with Crippen molar-refractivity contribution in [1.82, 2.24) is 9.78 Å². The van der Waals surface area contributed by atoms with Crippen LogP contribution >= 0.6 is 0 Å². The Hall–Kier alpha value is -3.12. The van der Waals surface area contributed by atoms with E-state index in [0.717, 1.165) is 17.5 Å². The van der Waals surface area contributed by atoms with Gasteiger partial charge >= 0.3 is 0 Å². The van der Waals surface area contributed by atoms with Crippen LogP contribution in [0.5, 0.6) is 0 Å². The van der Waals surface area contributed by atoms with E-state index in [1.165, 1.54) is 10.8 Å². The molecule has 1 aromatic heterocycles. The van der Waals surface area contributed by atoms with Crippen molar-refractivity contribution in [2.75, 3.05) is 4.72 Å². The van der Waals surface area contributed by atoms with E-state index in [1.807, 2.05) is 30.3 Å². The maximum absolute atomic E-state index is 12.7. The molecule has 6 heteroatoms. The first-order valence-electron chi connectivity index (χ1n) is 10.0. The maximum Gasteiger partial charge on any atom is 0.263 e. The summed E-state index contributed by atoms with van der Waals surface area (Å²) in [6, 6.07) is 23.1. The SMILES string of the molecule is CC(C)Cc1ccc(S(=O)(=O)Nc2ccn(Cc3cccc4ccccc34)n2)cc1. The second-order valence-electron chi connectivity index (χ2n) is 7.88. The molecule has 0 spiro atoms. The maximum atomic E-state index is 12.7. The van der Waals surface area contributed by atoms with Crippen molar-refractivity contribution in [1.29, 1.82) is 0 Å². The van der Waals surface area contributed by atoms with Gasteiger partial charge in [0.05, 0.1) is 11.4 Å². The van der Waals surface area contributed by atoms with E-state index in [1.54, 1.807) is 29.1 Å². The van der Waals surface area contributed by atoms with Gasteiger partial charge in [-0.1, -0.05) is 68.4 Å². The third kappa shape index (κ3) is 4.54. The molecule has 0 fully saturated rings. The summed E-state index contributed by atoms with van der Waals surface area (Å²) in [7, 11) is -3.68. The van der Waals surface area contributed by atoms with Gasteiger partial charge in [-0.3, -0.25) is 9.40 Å². The Morgan fingerprint density at radius 1 is 0.933 bits per heavy atom. The lowest BCUT2D eigenvalue weighted by molar-refractivity contribution is 0.600. The molecule has 5 nitrogen and oxygen atoms in total. The van der Waals surface area contributed by atoms with Gasteiger partial charge in [0.25, 0.3) is 10.0 Å². The molecule has 30 heavy (non-hydrogen) atoms. The van der Waals surface area contributed by atoms with Gasteiger partial charge in [-0.2, -0.15) is 5.10 Å². The highest BCUT2D eigenvalue weighted by molar-refractivity contribution is 7.92. The number of hydrogen-bond acceptors (Lipinski definition) is 3. The molecule has 3 aromatic carbocycles. The van der Waals surface area contributed by atoms with Gasteiger partial charge < -0.3 is 0 Å². The summed E-state index contributed by atoms with van der Waals surface area (Å²) in [6.45, 7) is 4.84. The largest absolute Gasteiger partial charge is 0.266 e. The zero-order valence-electron chi connectivity index (χ0n) is 17.1. The molecule has 0 atom stereocenters. The van der Waals surface area contributed by atoms with Gasteiger partial charge in [0.2, 0.25) is 0 Å². The molecule has 1 N–H and O–H groups in total. The zero-order chi connectivity index (χ0) is 21.1. The predicted octanol–water partition coefficient (Wildman–Crippen LogP) is 5.08. The Morgan fingerprint density at radius 2 is 1.67 bits per heavy atom. The number of aromatic nitrogens is 2. The fourth-order valence-electron chi connectivity index (χ4n) is 3.58. The van der Waals surface area contributed by atoms with Crippen LogP contribution in [0.2, 0.25) is 0 Å². The molecule has 0 saturated heterocycles. The number of rotatable bonds is 7. The van der Waals surface area contributed by atoms with Crippen LogP contribution in [0.1, 0.15) is 25.0 Å². The summed E-state index contributed by atoms with van der Waals surface area (Å²) in [5, 5.41) is 6.74. The smallest absolute Gasteiger partial charge is 0.263 e. The second-order valence-corrected chi connectivity index (χ2v) is 9.57. The highest BCUT2D eigenvalue weighted by Gasteiger charge is 2.16. The van der Waals surface area contributed by atoms with E-state index in [4.69, 9.17) is 0 Å². The number of benzene rings is 3. The predicted molar refractivity (Wildman–Crippen MR) is 121 cm³/mol. The molecule has 0 aliphatic rings. The molecule has 4 aromatic rings. The van der Waals surface area contributed by atoms with E-state index in [9.17, 15) is 8.42 Å². The van der Waals surface area contributed by atoms with Crippen LogP contribution in [0, 0.1) is 5.92 Å². The van der Waals surface area contributed by atoms with Crippen molar-refractivity contribution in [2.45, 2.75) is 31.7 Å². The number of fused-ring (bicyclic) bond motifs is 1. The van der Waals surface area contributed by atoms with E-state index in [0.29, 0.717) is 18.3 Å². The number of sulfonamides is 1. The van der Waals surface area contributed by atoms with Crippen LogP contribution in [0.3, 0.4) is 0 Å². The summed E-state index contributed by atoms with van der Waals surface area (Å²) in [6.07, 6.45) is 2.71.